The van der Waals surface area contributed by atoms with Gasteiger partial charge in [0.15, 0.2) is 0 Å². The maximum Gasteiger partial charge on any atom is 2.00 e. The normalized spacial score (nSPS) is 17.1. The quantitative estimate of drug-likeness (QED) is 0.0439. The van der Waals surface area contributed by atoms with E-state index in [-0.39, 0.29) is 43.9 Å². The fourth-order valence-corrected chi connectivity index (χ4v) is 10.7. The second kappa shape index (κ2) is 31.9. The molecule has 0 amide bonds. The summed E-state index contributed by atoms with van der Waals surface area (Å²) in [5.41, 5.74) is -5.16. The smallest absolute Gasteiger partial charge is 0.691 e. The third kappa shape index (κ3) is 35.3. The predicted octanol–water partition coefficient (Wildman–Crippen LogP) is 14.0. The van der Waals surface area contributed by atoms with E-state index in [9.17, 15) is 0 Å². The third-order valence-electron chi connectivity index (χ3n) is 7.57. The largest absolute Gasteiger partial charge is 2.00 e. The molecule has 0 aromatic heterocycles. The molecule has 0 radical (unpaired) electrons. The molecule has 0 saturated heterocycles. The molecule has 0 rings (SSSR count). The first kappa shape index (κ1) is 53.8. The molecule has 0 aliphatic heterocycles. The van der Waals surface area contributed by atoms with Gasteiger partial charge in [0, 0.05) is 0 Å². The monoisotopic (exact) mass is 826 g/mol. The molecular formula is C36H76O4P2S4Zn. The molecule has 0 saturated carbocycles. The van der Waals surface area contributed by atoms with Crippen molar-refractivity contribution in [2.75, 3.05) is 0 Å². The minimum atomic E-state index is -2.58. The molecule has 0 bridgehead atoms. The summed E-state index contributed by atoms with van der Waals surface area (Å²) in [7, 11) is 0. The van der Waals surface area contributed by atoms with E-state index in [0.717, 1.165) is 77.0 Å². The third-order valence-corrected chi connectivity index (χ3v) is 11.9. The molecule has 4 atom stereocenters. The van der Waals surface area contributed by atoms with Gasteiger partial charge in [0.05, 0.1) is 35.8 Å². The zero-order valence-electron chi connectivity index (χ0n) is 32.8. The molecule has 0 aliphatic rings. The van der Waals surface area contributed by atoms with E-state index in [4.69, 9.17) is 66.2 Å². The van der Waals surface area contributed by atoms with Gasteiger partial charge in [0.25, 0.3) is 0 Å². The van der Waals surface area contributed by atoms with E-state index in [1.807, 2.05) is 0 Å². The zero-order chi connectivity index (χ0) is 35.8. The van der Waals surface area contributed by atoms with Gasteiger partial charge < -0.3 is 42.6 Å². The van der Waals surface area contributed by atoms with E-state index < -0.39 is 11.4 Å². The Morgan fingerprint density at radius 2 is 0.596 bits per heavy atom. The molecule has 4 nitrogen and oxygen atoms in total. The second-order valence-electron chi connectivity index (χ2n) is 14.9. The van der Waals surface area contributed by atoms with E-state index in [1.165, 1.54) is 25.7 Å². The molecule has 0 spiro atoms. The number of unbranched alkanes of at least 4 members (excludes halogenated alkanes) is 4. The van der Waals surface area contributed by atoms with Crippen LogP contribution in [0, 0.1) is 23.7 Å². The van der Waals surface area contributed by atoms with E-state index in [0.29, 0.717) is 23.7 Å². The van der Waals surface area contributed by atoms with Crippen LogP contribution in [0.2, 0.25) is 0 Å². The van der Waals surface area contributed by atoms with Gasteiger partial charge >= 0.3 is 19.5 Å². The SMILES string of the molecule is CCCCC(CC(C)C)OP(=S)([S-])OC(CCCC)CC(C)C.CCCCC(CC(C)C)OP(=S)([S-])OC(CCCC)CC(C)C.[Zn+2]. The van der Waals surface area contributed by atoms with E-state index in [1.54, 1.807) is 0 Å². The summed E-state index contributed by atoms with van der Waals surface area (Å²) < 4.78 is 24.6. The molecule has 0 aromatic rings. The summed E-state index contributed by atoms with van der Waals surface area (Å²) in [6, 6.07) is 0. The van der Waals surface area contributed by atoms with Crippen LogP contribution < -0.4 is 0 Å². The maximum absolute atomic E-state index is 6.16. The molecule has 0 fully saturated rings. The summed E-state index contributed by atoms with van der Waals surface area (Å²) in [6.07, 6.45) is 18.2. The van der Waals surface area contributed by atoms with Crippen molar-refractivity contribution in [3.8, 4) is 0 Å². The van der Waals surface area contributed by atoms with Gasteiger partial charge in [0.2, 0.25) is 0 Å². The molecule has 4 unspecified atom stereocenters. The fourth-order valence-electron chi connectivity index (χ4n) is 5.46. The number of hydrogen-bond acceptors (Lipinski definition) is 8. The Bertz CT molecular complexity index is 685. The van der Waals surface area contributed by atoms with Crippen molar-refractivity contribution >= 4 is 59.5 Å². The molecule has 47 heavy (non-hydrogen) atoms. The van der Waals surface area contributed by atoms with Crippen LogP contribution in [0.4, 0.5) is 0 Å². The second-order valence-corrected chi connectivity index (χ2v) is 24.7. The Morgan fingerprint density at radius 1 is 0.426 bits per heavy atom. The van der Waals surface area contributed by atoms with Gasteiger partial charge in [0.1, 0.15) is 0 Å². The van der Waals surface area contributed by atoms with Gasteiger partial charge in [-0.25, -0.2) is 0 Å². The summed E-state index contributed by atoms with van der Waals surface area (Å²) in [5, 5.41) is 0. The summed E-state index contributed by atoms with van der Waals surface area (Å²) >= 11 is 22.3. The van der Waals surface area contributed by atoms with Gasteiger partial charge in [-0.2, -0.15) is 0 Å². The van der Waals surface area contributed by atoms with Crippen LogP contribution in [-0.2, 0) is 85.7 Å². The fraction of sp³-hybridized carbons (Fsp3) is 1.00. The Labute approximate surface area is 328 Å². The molecular weight excluding hydrogens is 752 g/mol. The molecule has 0 aliphatic carbocycles. The van der Waals surface area contributed by atoms with Crippen molar-refractivity contribution in [1.29, 1.82) is 0 Å². The van der Waals surface area contributed by atoms with Crippen LogP contribution in [0.15, 0.2) is 0 Å². The van der Waals surface area contributed by atoms with Crippen LogP contribution >= 0.6 is 11.4 Å². The van der Waals surface area contributed by atoms with E-state index in [2.05, 4.69) is 83.1 Å². The summed E-state index contributed by atoms with van der Waals surface area (Å²) in [6.45, 7) is 26.6. The van der Waals surface area contributed by atoms with Crippen LogP contribution in [-0.4, -0.2) is 24.4 Å². The van der Waals surface area contributed by atoms with Gasteiger partial charge in [-0.3, -0.25) is 0 Å². The first-order valence-corrected chi connectivity index (χ1v) is 26.1. The minimum Gasteiger partial charge on any atom is -0.691 e. The summed E-state index contributed by atoms with van der Waals surface area (Å²) in [4.78, 5) is 0. The van der Waals surface area contributed by atoms with Gasteiger partial charge in [-0.15, -0.1) is 0 Å². The average molecular weight is 829 g/mol. The standard InChI is InChI=1S/2C18H39O2PS2.Zn/c2*1-7-9-11-17(13-15(3)4)19-21(22,23)20-18(12-10-8-2)14-16(5)6;/h2*15-18H,7-14H2,1-6H3,(H,22,23);/q;;+2/p-2. The van der Waals surface area contributed by atoms with Gasteiger partial charge in [-0.05, 0) is 75.0 Å². The topological polar surface area (TPSA) is 36.9 Å². The predicted molar refractivity (Wildman–Crippen MR) is 219 cm³/mol. The van der Waals surface area contributed by atoms with Gasteiger partial charge in [-0.1, -0.05) is 158 Å². The number of rotatable bonds is 28. The van der Waals surface area contributed by atoms with Crippen LogP contribution in [0.1, 0.15) is 186 Å². The van der Waals surface area contributed by atoms with Crippen LogP contribution in [0.25, 0.3) is 0 Å². The summed E-state index contributed by atoms with van der Waals surface area (Å²) in [5.74, 6) is 2.36. The first-order chi connectivity index (χ1) is 21.4. The van der Waals surface area contributed by atoms with Crippen molar-refractivity contribution in [2.45, 2.75) is 210 Å². The first-order valence-electron chi connectivity index (χ1n) is 18.7. The Hall–Kier alpha value is 2.46. The minimum absolute atomic E-state index is 0. The van der Waals surface area contributed by atoms with Crippen LogP contribution in [0.5, 0.6) is 0 Å². The van der Waals surface area contributed by atoms with Crippen molar-refractivity contribution in [3.05, 3.63) is 0 Å². The molecule has 11 heteroatoms. The average Bonchev–Trinajstić information content (AvgIpc) is 2.90. The van der Waals surface area contributed by atoms with Crippen molar-refractivity contribution in [2.24, 2.45) is 23.7 Å². The molecule has 0 aromatic carbocycles. The number of hydrogen-bond donors (Lipinski definition) is 0. The Balaban J connectivity index is -0.000000807. The van der Waals surface area contributed by atoms with Crippen molar-refractivity contribution in [1.82, 2.24) is 0 Å². The van der Waals surface area contributed by atoms with Crippen LogP contribution in [0.3, 0.4) is 0 Å². The Morgan fingerprint density at radius 3 is 0.723 bits per heavy atom. The zero-order valence-corrected chi connectivity index (χ0v) is 40.8. The molecule has 0 N–H and O–H groups in total. The van der Waals surface area contributed by atoms with Crippen molar-refractivity contribution in [3.63, 3.8) is 0 Å². The Kier molecular flexibility index (Phi) is 36.6. The molecule has 280 valence electrons. The molecule has 0 heterocycles. The van der Waals surface area contributed by atoms with E-state index >= 15 is 0 Å². The maximum atomic E-state index is 6.16. The van der Waals surface area contributed by atoms with Crippen molar-refractivity contribution < 1.29 is 37.6 Å².